The average Bonchev–Trinajstić information content (AvgIpc) is 3.06. The highest BCUT2D eigenvalue weighted by molar-refractivity contribution is 6.81. The van der Waals surface area contributed by atoms with Gasteiger partial charge in [0.05, 0.1) is 28.2 Å². The van der Waals surface area contributed by atoms with Gasteiger partial charge in [0.1, 0.15) is 24.2 Å². The number of amides is 1. The number of aliphatic hydroxyl groups excluding tert-OH is 1. The second-order valence-electron chi connectivity index (χ2n) is 14.5. The van der Waals surface area contributed by atoms with Gasteiger partial charge >= 0.3 is 6.16 Å². The summed E-state index contributed by atoms with van der Waals surface area (Å²) in [6, 6.07) is 25.0. The number of hydrogen-bond acceptors (Lipinski definition) is 7. The molecule has 1 N–H and O–H groups in total. The largest absolute Gasteiger partial charge is 0.508 e. The molecule has 260 valence electrons. The van der Waals surface area contributed by atoms with Crippen LogP contribution in [0.5, 0.6) is 11.5 Å². The Morgan fingerprint density at radius 1 is 0.854 bits per heavy atom. The molecule has 8 nitrogen and oxygen atoms in total. The molecule has 1 unspecified atom stereocenters. The number of β-lactam (4-membered cyclic amide) rings is 1. The second-order valence-corrected chi connectivity index (χ2v) is 20.1. The van der Waals surface area contributed by atoms with Gasteiger partial charge in [0.25, 0.3) is 0 Å². The van der Waals surface area contributed by atoms with E-state index in [1.165, 1.54) is 0 Å². The van der Waals surface area contributed by atoms with Crippen molar-refractivity contribution < 1.29 is 33.6 Å². The van der Waals surface area contributed by atoms with Crippen molar-refractivity contribution >= 4 is 20.1 Å². The van der Waals surface area contributed by atoms with Crippen molar-refractivity contribution in [2.75, 3.05) is 20.8 Å². The van der Waals surface area contributed by atoms with E-state index < -0.39 is 26.3 Å². The molecule has 0 radical (unpaired) electrons. The van der Waals surface area contributed by atoms with E-state index in [1.54, 1.807) is 21.1 Å². The maximum absolute atomic E-state index is 14.5. The first-order valence-electron chi connectivity index (χ1n) is 16.9. The lowest BCUT2D eigenvalue weighted by molar-refractivity contribution is -0.171. The Kier molecular flexibility index (Phi) is 12.4. The van der Waals surface area contributed by atoms with E-state index in [0.717, 1.165) is 28.2 Å². The highest BCUT2D eigenvalue weighted by Crippen LogP contribution is 2.53. The molecular weight excluding hydrogens is 623 g/mol. The van der Waals surface area contributed by atoms with Gasteiger partial charge in [-0.1, -0.05) is 88.5 Å². The van der Waals surface area contributed by atoms with Crippen LogP contribution in [0.1, 0.15) is 50.8 Å². The Bertz CT molecular complexity index is 1420. The van der Waals surface area contributed by atoms with E-state index in [2.05, 4.69) is 38.8 Å². The molecule has 9 heteroatoms. The molecule has 0 saturated carbocycles. The monoisotopic (exact) mass is 675 g/mol. The number of rotatable bonds is 15. The molecule has 4 atom stereocenters. The predicted octanol–water partition coefficient (Wildman–Crippen LogP) is 7.69. The fraction of sp³-hybridized carbons (Fsp3) is 0.487. The Morgan fingerprint density at radius 3 is 1.83 bits per heavy atom. The fourth-order valence-electron chi connectivity index (χ4n) is 6.87. The van der Waals surface area contributed by atoms with Crippen molar-refractivity contribution in [2.24, 2.45) is 5.92 Å². The minimum Gasteiger partial charge on any atom is -0.497 e. The van der Waals surface area contributed by atoms with E-state index in [1.807, 2.05) is 78.9 Å². The van der Waals surface area contributed by atoms with Crippen LogP contribution >= 0.6 is 0 Å². The van der Waals surface area contributed by atoms with Crippen molar-refractivity contribution in [1.29, 1.82) is 0 Å². The van der Waals surface area contributed by atoms with Crippen LogP contribution in [0.4, 0.5) is 4.79 Å². The van der Waals surface area contributed by atoms with E-state index in [4.69, 9.17) is 18.9 Å². The Morgan fingerprint density at radius 2 is 1.38 bits per heavy atom. The second kappa shape index (κ2) is 16.1. The summed E-state index contributed by atoms with van der Waals surface area (Å²) in [5.74, 6) is 0.940. The van der Waals surface area contributed by atoms with E-state index in [-0.39, 0.29) is 41.8 Å². The van der Waals surface area contributed by atoms with Crippen LogP contribution in [0.2, 0.25) is 23.7 Å². The Labute approximate surface area is 287 Å². The number of hydrogen-bond donors (Lipinski definition) is 1. The van der Waals surface area contributed by atoms with Crippen LogP contribution in [0, 0.1) is 5.92 Å². The fourth-order valence-corrected chi connectivity index (χ4v) is 10.1. The molecule has 0 spiro atoms. The van der Waals surface area contributed by atoms with Gasteiger partial charge in [0.2, 0.25) is 5.91 Å². The van der Waals surface area contributed by atoms with Gasteiger partial charge < -0.3 is 29.0 Å². The van der Waals surface area contributed by atoms with Crippen molar-refractivity contribution in [2.45, 2.75) is 95.4 Å². The zero-order valence-electron chi connectivity index (χ0n) is 29.8. The van der Waals surface area contributed by atoms with Crippen molar-refractivity contribution in [3.8, 4) is 11.5 Å². The number of carbonyl (C=O) groups is 2. The van der Waals surface area contributed by atoms with Crippen molar-refractivity contribution in [1.82, 2.24) is 4.90 Å². The number of carbonyl (C=O) groups excluding carboxylic acids is 2. The van der Waals surface area contributed by atoms with E-state index >= 15 is 0 Å². The first-order chi connectivity index (χ1) is 22.8. The smallest absolute Gasteiger partial charge is 0.497 e. The number of ether oxygens (including phenoxy) is 4. The number of aliphatic hydroxyl groups is 1. The van der Waals surface area contributed by atoms with Gasteiger partial charge in [-0.15, -0.1) is 0 Å². The molecule has 1 amide bonds. The number of likely N-dealkylation sites (tertiary alicyclic amines) is 1. The first kappa shape index (κ1) is 37.0. The molecular formula is C39H53NO7Si. The predicted molar refractivity (Wildman–Crippen MR) is 191 cm³/mol. The van der Waals surface area contributed by atoms with Crippen LogP contribution in [-0.4, -0.2) is 69.2 Å². The summed E-state index contributed by atoms with van der Waals surface area (Å²) in [6.07, 6.45) is 0.307. The average molecular weight is 676 g/mol. The highest BCUT2D eigenvalue weighted by atomic mass is 28.3. The summed E-state index contributed by atoms with van der Waals surface area (Å²) >= 11 is 0. The standard InChI is InChI=1S/C39H53NO7Si/c1-27(47-38(43)46-26-30-12-10-9-11-13-30)35-36(34(22-23-41)48(7,8)39(2,3)4)40(37(35)42)31(24-28-14-18-32(44-5)19-15-28)25-29-16-20-33(45-6)21-17-29/h9-21,27,31,34-36,41H,22-26H2,1-8H3/t27-,34?,35-,36-/m1/s1. The van der Waals surface area contributed by atoms with Gasteiger partial charge in [-0.2, -0.15) is 0 Å². The van der Waals surface area contributed by atoms with Gasteiger partial charge in [0.15, 0.2) is 0 Å². The molecule has 1 saturated heterocycles. The number of nitrogens with zero attached hydrogens (tertiary/aromatic N) is 1. The topological polar surface area (TPSA) is 94.5 Å². The van der Waals surface area contributed by atoms with Gasteiger partial charge in [-0.3, -0.25) is 4.79 Å². The number of methoxy groups -OCH3 is 2. The van der Waals surface area contributed by atoms with Crippen molar-refractivity contribution in [3.63, 3.8) is 0 Å². The molecule has 0 aliphatic carbocycles. The molecule has 1 aliphatic rings. The van der Waals surface area contributed by atoms with Crippen LogP contribution in [0.25, 0.3) is 0 Å². The lowest BCUT2D eigenvalue weighted by Gasteiger charge is -2.59. The Hall–Kier alpha value is -3.82. The molecule has 0 aromatic heterocycles. The third-order valence-electron chi connectivity index (χ3n) is 10.6. The van der Waals surface area contributed by atoms with Gasteiger partial charge in [-0.05, 0) is 77.7 Å². The summed E-state index contributed by atoms with van der Waals surface area (Å²) in [5.41, 5.74) is 3.07. The zero-order chi connectivity index (χ0) is 35.1. The molecule has 1 heterocycles. The summed E-state index contributed by atoms with van der Waals surface area (Å²) in [4.78, 5) is 29.5. The third kappa shape index (κ3) is 8.60. The first-order valence-corrected chi connectivity index (χ1v) is 19.9. The van der Waals surface area contributed by atoms with Gasteiger partial charge in [0, 0.05) is 18.7 Å². The Balaban J connectivity index is 1.70. The van der Waals surface area contributed by atoms with Crippen LogP contribution in [0.3, 0.4) is 0 Å². The van der Waals surface area contributed by atoms with Crippen molar-refractivity contribution in [3.05, 3.63) is 95.6 Å². The van der Waals surface area contributed by atoms with Crippen LogP contribution < -0.4 is 9.47 Å². The maximum Gasteiger partial charge on any atom is 0.508 e. The summed E-state index contributed by atoms with van der Waals surface area (Å²) in [5, 5.41) is 10.4. The highest BCUT2D eigenvalue weighted by Gasteiger charge is 2.60. The lowest BCUT2D eigenvalue weighted by Crippen LogP contribution is -2.72. The molecule has 3 aromatic rings. The molecule has 1 aliphatic heterocycles. The molecule has 1 fully saturated rings. The zero-order valence-corrected chi connectivity index (χ0v) is 30.8. The summed E-state index contributed by atoms with van der Waals surface area (Å²) in [6.45, 7) is 13.4. The SMILES string of the molecule is COc1ccc(CC(Cc2ccc(OC)cc2)N2C(=O)[C@H]([C@@H](C)OC(=O)OCc3ccccc3)[C@H]2C(CCO)[Si](C)(C)C(C)(C)C)cc1. The summed E-state index contributed by atoms with van der Waals surface area (Å²) in [7, 11) is 1.13. The van der Waals surface area contributed by atoms with E-state index in [9.17, 15) is 14.7 Å². The molecule has 4 rings (SSSR count). The van der Waals surface area contributed by atoms with Gasteiger partial charge in [-0.25, -0.2) is 4.79 Å². The maximum atomic E-state index is 14.5. The molecule has 48 heavy (non-hydrogen) atoms. The normalized spacial score (nSPS) is 17.8. The minimum atomic E-state index is -2.16. The molecule has 3 aromatic carbocycles. The quantitative estimate of drug-likeness (QED) is 0.100. The molecule has 0 bridgehead atoms. The lowest BCUT2D eigenvalue weighted by atomic mass is 9.77. The minimum absolute atomic E-state index is 0.0120. The summed E-state index contributed by atoms with van der Waals surface area (Å²) < 4.78 is 22.1. The van der Waals surface area contributed by atoms with Crippen LogP contribution in [0.15, 0.2) is 78.9 Å². The number of benzene rings is 3. The third-order valence-corrected chi connectivity index (χ3v) is 16.9. The van der Waals surface area contributed by atoms with E-state index in [0.29, 0.717) is 19.3 Å². The van der Waals surface area contributed by atoms with Crippen LogP contribution in [-0.2, 0) is 33.7 Å².